The lowest BCUT2D eigenvalue weighted by molar-refractivity contribution is -0.122. The number of benzene rings is 1. The average Bonchev–Trinajstić information content (AvgIpc) is 2.54. The van der Waals surface area contributed by atoms with E-state index in [4.69, 9.17) is 0 Å². The Hall–Kier alpha value is -1.35. The van der Waals surface area contributed by atoms with E-state index in [1.807, 2.05) is 0 Å². The molecule has 3 nitrogen and oxygen atoms in total. The molecule has 1 amide bonds. The Bertz CT molecular complexity index is 441. The molecule has 2 N–H and O–H groups in total. The second kappa shape index (κ2) is 8.18. The van der Waals surface area contributed by atoms with Crippen molar-refractivity contribution in [2.45, 2.75) is 57.9 Å². The van der Waals surface area contributed by atoms with Crippen LogP contribution in [0.15, 0.2) is 24.3 Å². The predicted molar refractivity (Wildman–Crippen MR) is 85.1 cm³/mol. The van der Waals surface area contributed by atoms with Gasteiger partial charge < -0.3 is 10.4 Å². The molecule has 0 aromatic heterocycles. The number of carbonyl (C=O) groups excluding carboxylic acids is 1. The lowest BCUT2D eigenvalue weighted by Crippen LogP contribution is -2.43. The SMILES string of the molecule is CCc1ccc(CCC(=O)NC2CCCCC2CO)cc1. The van der Waals surface area contributed by atoms with Gasteiger partial charge in [-0.15, -0.1) is 0 Å². The molecule has 1 aromatic carbocycles. The number of aliphatic hydroxyl groups is 1. The summed E-state index contributed by atoms with van der Waals surface area (Å²) in [6, 6.07) is 8.66. The van der Waals surface area contributed by atoms with Crippen molar-refractivity contribution in [1.82, 2.24) is 5.32 Å². The predicted octanol–water partition coefficient (Wildman–Crippen LogP) is 2.85. The minimum Gasteiger partial charge on any atom is -0.396 e. The van der Waals surface area contributed by atoms with Crippen molar-refractivity contribution in [2.75, 3.05) is 6.61 Å². The number of amides is 1. The van der Waals surface area contributed by atoms with Gasteiger partial charge in [-0.25, -0.2) is 0 Å². The van der Waals surface area contributed by atoms with Crippen LogP contribution in [0.5, 0.6) is 0 Å². The zero-order chi connectivity index (χ0) is 15.1. The molecule has 21 heavy (non-hydrogen) atoms. The van der Waals surface area contributed by atoms with E-state index in [0.29, 0.717) is 6.42 Å². The van der Waals surface area contributed by atoms with Gasteiger partial charge in [-0.1, -0.05) is 44.0 Å². The Labute approximate surface area is 127 Å². The maximum absolute atomic E-state index is 12.1. The standard InChI is InChI=1S/C18H27NO2/c1-2-14-7-9-15(10-8-14)11-12-18(21)19-17-6-4-3-5-16(17)13-20/h7-10,16-17,20H,2-6,11-13H2,1H3,(H,19,21). The molecule has 0 aliphatic heterocycles. The first-order valence-corrected chi connectivity index (χ1v) is 8.21. The lowest BCUT2D eigenvalue weighted by Gasteiger charge is -2.30. The maximum atomic E-state index is 12.1. The fourth-order valence-electron chi connectivity index (χ4n) is 3.09. The monoisotopic (exact) mass is 289 g/mol. The first kappa shape index (κ1) is 16.0. The van der Waals surface area contributed by atoms with Crippen LogP contribution in [-0.2, 0) is 17.6 Å². The lowest BCUT2D eigenvalue weighted by atomic mass is 9.85. The smallest absolute Gasteiger partial charge is 0.220 e. The number of aliphatic hydroxyl groups excluding tert-OH is 1. The molecule has 2 atom stereocenters. The molecule has 1 aliphatic rings. The van der Waals surface area contributed by atoms with E-state index in [9.17, 15) is 9.90 Å². The van der Waals surface area contributed by atoms with Crippen LogP contribution in [0.2, 0.25) is 0 Å². The van der Waals surface area contributed by atoms with E-state index in [1.54, 1.807) is 0 Å². The highest BCUT2D eigenvalue weighted by atomic mass is 16.3. The van der Waals surface area contributed by atoms with Crippen molar-refractivity contribution in [3.8, 4) is 0 Å². The number of hydrogen-bond donors (Lipinski definition) is 2. The zero-order valence-corrected chi connectivity index (χ0v) is 13.0. The van der Waals surface area contributed by atoms with Gasteiger partial charge >= 0.3 is 0 Å². The van der Waals surface area contributed by atoms with Crippen LogP contribution in [0.3, 0.4) is 0 Å². The fraction of sp³-hybridized carbons (Fsp3) is 0.611. The Morgan fingerprint density at radius 3 is 2.52 bits per heavy atom. The summed E-state index contributed by atoms with van der Waals surface area (Å²) >= 11 is 0. The quantitative estimate of drug-likeness (QED) is 0.846. The highest BCUT2D eigenvalue weighted by molar-refractivity contribution is 5.76. The first-order valence-electron chi connectivity index (χ1n) is 8.21. The van der Waals surface area contributed by atoms with Crippen LogP contribution in [-0.4, -0.2) is 23.7 Å². The molecule has 2 unspecified atom stereocenters. The molecule has 3 heteroatoms. The zero-order valence-electron chi connectivity index (χ0n) is 13.0. The second-order valence-corrected chi connectivity index (χ2v) is 6.07. The van der Waals surface area contributed by atoms with Crippen LogP contribution < -0.4 is 5.32 Å². The first-order chi connectivity index (χ1) is 10.2. The van der Waals surface area contributed by atoms with E-state index in [-0.39, 0.29) is 24.5 Å². The highest BCUT2D eigenvalue weighted by Crippen LogP contribution is 2.24. The van der Waals surface area contributed by atoms with Gasteiger partial charge in [-0.2, -0.15) is 0 Å². The summed E-state index contributed by atoms with van der Waals surface area (Å²) in [4.78, 5) is 12.1. The Kier molecular flexibility index (Phi) is 6.24. The van der Waals surface area contributed by atoms with Gasteiger partial charge in [0.25, 0.3) is 0 Å². The maximum Gasteiger partial charge on any atom is 0.220 e. The van der Waals surface area contributed by atoms with Crippen LogP contribution in [0.25, 0.3) is 0 Å². The Morgan fingerprint density at radius 1 is 1.19 bits per heavy atom. The van der Waals surface area contributed by atoms with Crippen molar-refractivity contribution in [3.05, 3.63) is 35.4 Å². The van der Waals surface area contributed by atoms with Gasteiger partial charge in [0.05, 0.1) is 0 Å². The van der Waals surface area contributed by atoms with E-state index in [1.165, 1.54) is 17.5 Å². The van der Waals surface area contributed by atoms with Crippen LogP contribution >= 0.6 is 0 Å². The molecule has 0 radical (unpaired) electrons. The number of nitrogens with one attached hydrogen (secondary N) is 1. The largest absolute Gasteiger partial charge is 0.396 e. The summed E-state index contributed by atoms with van der Waals surface area (Å²) < 4.78 is 0. The number of aryl methyl sites for hydroxylation is 2. The molecular formula is C18H27NO2. The Balaban J connectivity index is 1.78. The third-order valence-corrected chi connectivity index (χ3v) is 4.56. The molecule has 0 heterocycles. The fourth-order valence-corrected chi connectivity index (χ4v) is 3.09. The molecule has 0 spiro atoms. The van der Waals surface area contributed by atoms with Gasteiger partial charge in [0.15, 0.2) is 0 Å². The van der Waals surface area contributed by atoms with E-state index < -0.39 is 0 Å². The third-order valence-electron chi connectivity index (χ3n) is 4.56. The van der Waals surface area contributed by atoms with Crippen molar-refractivity contribution < 1.29 is 9.90 Å². The summed E-state index contributed by atoms with van der Waals surface area (Å²) in [6.07, 6.45) is 6.71. The molecule has 0 saturated heterocycles. The summed E-state index contributed by atoms with van der Waals surface area (Å²) in [5.74, 6) is 0.353. The molecule has 0 bridgehead atoms. The van der Waals surface area contributed by atoms with Crippen LogP contribution in [0.1, 0.15) is 50.2 Å². The van der Waals surface area contributed by atoms with Gasteiger partial charge in [-0.3, -0.25) is 4.79 Å². The van der Waals surface area contributed by atoms with Crippen molar-refractivity contribution in [2.24, 2.45) is 5.92 Å². The summed E-state index contributed by atoms with van der Waals surface area (Å²) in [5, 5.41) is 12.5. The minimum absolute atomic E-state index is 0.111. The molecule has 116 valence electrons. The molecule has 1 saturated carbocycles. The van der Waals surface area contributed by atoms with E-state index in [2.05, 4.69) is 36.5 Å². The van der Waals surface area contributed by atoms with Gasteiger partial charge in [-0.05, 0) is 36.8 Å². The minimum atomic E-state index is 0.111. The number of hydrogen-bond acceptors (Lipinski definition) is 2. The molecule has 1 fully saturated rings. The van der Waals surface area contributed by atoms with Crippen molar-refractivity contribution in [3.63, 3.8) is 0 Å². The molecule has 1 aromatic rings. The normalized spacial score (nSPS) is 22.0. The third kappa shape index (κ3) is 4.85. The van der Waals surface area contributed by atoms with Gasteiger partial charge in [0.1, 0.15) is 0 Å². The van der Waals surface area contributed by atoms with Gasteiger partial charge in [0, 0.05) is 25.0 Å². The van der Waals surface area contributed by atoms with Gasteiger partial charge in [0.2, 0.25) is 5.91 Å². The molecular weight excluding hydrogens is 262 g/mol. The van der Waals surface area contributed by atoms with Crippen LogP contribution in [0, 0.1) is 5.92 Å². The average molecular weight is 289 g/mol. The Morgan fingerprint density at radius 2 is 1.86 bits per heavy atom. The van der Waals surface area contributed by atoms with Crippen molar-refractivity contribution >= 4 is 5.91 Å². The second-order valence-electron chi connectivity index (χ2n) is 6.07. The topological polar surface area (TPSA) is 49.3 Å². The number of rotatable bonds is 6. The molecule has 2 rings (SSSR count). The summed E-state index contributed by atoms with van der Waals surface area (Å²) in [7, 11) is 0. The highest BCUT2D eigenvalue weighted by Gasteiger charge is 2.25. The molecule has 1 aliphatic carbocycles. The van der Waals surface area contributed by atoms with E-state index in [0.717, 1.165) is 32.1 Å². The van der Waals surface area contributed by atoms with Crippen molar-refractivity contribution in [1.29, 1.82) is 0 Å². The summed E-state index contributed by atoms with van der Waals surface area (Å²) in [6.45, 7) is 2.33. The summed E-state index contributed by atoms with van der Waals surface area (Å²) in [5.41, 5.74) is 2.54. The van der Waals surface area contributed by atoms with E-state index >= 15 is 0 Å². The van der Waals surface area contributed by atoms with Crippen LogP contribution in [0.4, 0.5) is 0 Å². The number of carbonyl (C=O) groups is 1.